The van der Waals surface area contributed by atoms with Crippen LogP contribution in [0.2, 0.25) is 0 Å². The Balaban J connectivity index is 2.09. The lowest BCUT2D eigenvalue weighted by molar-refractivity contribution is -0.114. The molecule has 1 N–H and O–H groups in total. The first-order valence-corrected chi connectivity index (χ1v) is 6.97. The molecule has 3 nitrogen and oxygen atoms in total. The summed E-state index contributed by atoms with van der Waals surface area (Å²) < 4.78 is 11.8. The van der Waals surface area contributed by atoms with Gasteiger partial charge in [0.2, 0.25) is 0 Å². The highest BCUT2D eigenvalue weighted by molar-refractivity contribution is 4.98. The number of nitrogens with one attached hydrogen (secondary N) is 1. The summed E-state index contributed by atoms with van der Waals surface area (Å²) in [6, 6.07) is 0.484. The van der Waals surface area contributed by atoms with Crippen LogP contribution in [0.25, 0.3) is 0 Å². The van der Waals surface area contributed by atoms with Crippen molar-refractivity contribution in [3.63, 3.8) is 0 Å². The molecule has 0 aliphatic carbocycles. The fourth-order valence-electron chi connectivity index (χ4n) is 3.08. The number of hydrogen-bond acceptors (Lipinski definition) is 3. The molecule has 3 heteroatoms. The van der Waals surface area contributed by atoms with Gasteiger partial charge < -0.3 is 14.8 Å². The Bertz CT molecular complexity index is 239. The van der Waals surface area contributed by atoms with Crippen molar-refractivity contribution >= 4 is 0 Å². The van der Waals surface area contributed by atoms with Crippen LogP contribution in [0.1, 0.15) is 46.5 Å². The van der Waals surface area contributed by atoms with E-state index in [9.17, 15) is 0 Å². The van der Waals surface area contributed by atoms with E-state index in [1.54, 1.807) is 0 Å². The molecule has 0 aromatic carbocycles. The second-order valence-corrected chi connectivity index (χ2v) is 6.65. The summed E-state index contributed by atoms with van der Waals surface area (Å²) in [6.07, 6.45) is 4.48. The zero-order valence-corrected chi connectivity index (χ0v) is 11.6. The summed E-state index contributed by atoms with van der Waals surface area (Å²) in [5.41, 5.74) is 0.376. The van der Waals surface area contributed by atoms with E-state index in [1.165, 1.54) is 6.42 Å². The van der Waals surface area contributed by atoms with Crippen molar-refractivity contribution in [1.29, 1.82) is 0 Å². The third kappa shape index (κ3) is 3.43. The summed E-state index contributed by atoms with van der Waals surface area (Å²) >= 11 is 0. The minimum absolute atomic E-state index is 0.0298. The maximum absolute atomic E-state index is 6.20. The van der Waals surface area contributed by atoms with Crippen LogP contribution in [0.15, 0.2) is 0 Å². The minimum Gasteiger partial charge on any atom is -0.381 e. The predicted molar refractivity (Wildman–Crippen MR) is 69.2 cm³/mol. The third-order valence-electron chi connectivity index (χ3n) is 3.89. The van der Waals surface area contributed by atoms with Gasteiger partial charge in [-0.1, -0.05) is 20.8 Å². The Morgan fingerprint density at radius 2 is 2.00 bits per heavy atom. The number of hydrogen-bond donors (Lipinski definition) is 1. The molecule has 0 bridgehead atoms. The van der Waals surface area contributed by atoms with Gasteiger partial charge in [0.1, 0.15) is 0 Å². The summed E-state index contributed by atoms with van der Waals surface area (Å²) in [5.74, 6) is 0. The first kappa shape index (κ1) is 13.3. The van der Waals surface area contributed by atoms with Crippen molar-refractivity contribution in [1.82, 2.24) is 5.32 Å². The fraction of sp³-hybridized carbons (Fsp3) is 1.00. The van der Waals surface area contributed by atoms with Gasteiger partial charge in [-0.3, -0.25) is 0 Å². The fourth-order valence-corrected chi connectivity index (χ4v) is 3.08. The van der Waals surface area contributed by atoms with Crippen molar-refractivity contribution < 1.29 is 9.47 Å². The van der Waals surface area contributed by atoms with Gasteiger partial charge >= 0.3 is 0 Å². The molecule has 0 aromatic heterocycles. The Morgan fingerprint density at radius 3 is 2.76 bits per heavy atom. The molecular weight excluding hydrogens is 214 g/mol. The molecule has 2 saturated heterocycles. The van der Waals surface area contributed by atoms with E-state index in [0.29, 0.717) is 11.5 Å². The van der Waals surface area contributed by atoms with Gasteiger partial charge in [-0.05, 0) is 24.7 Å². The topological polar surface area (TPSA) is 30.5 Å². The number of ether oxygens (including phenoxy) is 2. The lowest BCUT2D eigenvalue weighted by atomic mass is 9.76. The van der Waals surface area contributed by atoms with Gasteiger partial charge in [0, 0.05) is 32.2 Å². The van der Waals surface area contributed by atoms with Crippen LogP contribution in [-0.4, -0.2) is 38.0 Å². The Kier molecular flexibility index (Phi) is 4.11. The highest BCUT2D eigenvalue weighted by Gasteiger charge is 2.43. The molecule has 0 aromatic rings. The monoisotopic (exact) mass is 241 g/mol. The molecule has 2 heterocycles. The van der Waals surface area contributed by atoms with Gasteiger partial charge in [0.05, 0.1) is 12.2 Å². The molecule has 100 valence electrons. The van der Waals surface area contributed by atoms with Gasteiger partial charge in [0.15, 0.2) is 0 Å². The number of morpholine rings is 1. The van der Waals surface area contributed by atoms with Crippen LogP contribution in [0, 0.1) is 5.41 Å². The number of rotatable bonds is 1. The highest BCUT2D eigenvalue weighted by atomic mass is 16.5. The van der Waals surface area contributed by atoms with E-state index in [1.807, 2.05) is 0 Å². The van der Waals surface area contributed by atoms with E-state index >= 15 is 0 Å². The standard InChI is InChI=1S/C14H27NO2/c1-13(2,3)11-12-14(17-10-7-15-12)5-4-8-16-9-6-14/h12,15H,4-11H2,1-3H3. The Labute approximate surface area is 105 Å². The molecule has 0 amide bonds. The average Bonchev–Trinajstić information content (AvgIpc) is 2.47. The quantitative estimate of drug-likeness (QED) is 0.764. The summed E-state index contributed by atoms with van der Waals surface area (Å²) in [5, 5.41) is 3.68. The van der Waals surface area contributed by atoms with Crippen LogP contribution in [0.5, 0.6) is 0 Å². The van der Waals surface area contributed by atoms with Gasteiger partial charge in [-0.25, -0.2) is 0 Å². The zero-order valence-electron chi connectivity index (χ0n) is 11.6. The van der Waals surface area contributed by atoms with E-state index in [-0.39, 0.29) is 5.60 Å². The van der Waals surface area contributed by atoms with E-state index in [0.717, 1.165) is 45.6 Å². The van der Waals surface area contributed by atoms with Crippen LogP contribution in [-0.2, 0) is 9.47 Å². The maximum Gasteiger partial charge on any atom is 0.0858 e. The molecule has 2 fully saturated rings. The molecule has 2 atom stereocenters. The normalized spacial score (nSPS) is 35.8. The predicted octanol–water partition coefficient (Wildman–Crippen LogP) is 2.35. The van der Waals surface area contributed by atoms with Crippen molar-refractivity contribution in [2.45, 2.75) is 58.1 Å². The van der Waals surface area contributed by atoms with Crippen molar-refractivity contribution in [3.05, 3.63) is 0 Å². The lowest BCUT2D eigenvalue weighted by Crippen LogP contribution is -2.59. The SMILES string of the molecule is CC(C)(C)CC1NCCOC12CCCOCC2. The van der Waals surface area contributed by atoms with Gasteiger partial charge in [-0.2, -0.15) is 0 Å². The first-order chi connectivity index (χ1) is 8.02. The van der Waals surface area contributed by atoms with Crippen molar-refractivity contribution in [3.8, 4) is 0 Å². The highest BCUT2D eigenvalue weighted by Crippen LogP contribution is 2.36. The molecule has 0 saturated carbocycles. The summed E-state index contributed by atoms with van der Waals surface area (Å²) in [6.45, 7) is 10.5. The Morgan fingerprint density at radius 1 is 1.18 bits per heavy atom. The van der Waals surface area contributed by atoms with E-state index in [4.69, 9.17) is 9.47 Å². The van der Waals surface area contributed by atoms with Crippen molar-refractivity contribution in [2.24, 2.45) is 5.41 Å². The van der Waals surface area contributed by atoms with E-state index in [2.05, 4.69) is 26.1 Å². The largest absolute Gasteiger partial charge is 0.381 e. The molecule has 0 radical (unpaired) electrons. The smallest absolute Gasteiger partial charge is 0.0858 e. The van der Waals surface area contributed by atoms with Crippen molar-refractivity contribution in [2.75, 3.05) is 26.4 Å². The molecular formula is C14H27NO2. The molecule has 1 spiro atoms. The third-order valence-corrected chi connectivity index (χ3v) is 3.89. The second kappa shape index (κ2) is 5.25. The molecule has 2 unspecified atom stereocenters. The summed E-state index contributed by atoms with van der Waals surface area (Å²) in [4.78, 5) is 0. The first-order valence-electron chi connectivity index (χ1n) is 6.97. The van der Waals surface area contributed by atoms with E-state index < -0.39 is 0 Å². The minimum atomic E-state index is 0.0298. The lowest BCUT2D eigenvalue weighted by Gasteiger charge is -2.46. The Hall–Kier alpha value is -0.120. The molecule has 2 rings (SSSR count). The zero-order chi connectivity index (χ0) is 12.4. The maximum atomic E-state index is 6.20. The summed E-state index contributed by atoms with van der Waals surface area (Å²) in [7, 11) is 0. The second-order valence-electron chi connectivity index (χ2n) is 6.65. The molecule has 2 aliphatic heterocycles. The van der Waals surface area contributed by atoms with Crippen LogP contribution >= 0.6 is 0 Å². The average molecular weight is 241 g/mol. The van der Waals surface area contributed by atoms with Gasteiger partial charge in [0.25, 0.3) is 0 Å². The molecule has 2 aliphatic rings. The van der Waals surface area contributed by atoms with Crippen LogP contribution in [0.4, 0.5) is 0 Å². The molecule has 17 heavy (non-hydrogen) atoms. The van der Waals surface area contributed by atoms with Crippen LogP contribution in [0.3, 0.4) is 0 Å². The van der Waals surface area contributed by atoms with Crippen LogP contribution < -0.4 is 5.32 Å². The van der Waals surface area contributed by atoms with Gasteiger partial charge in [-0.15, -0.1) is 0 Å².